The first-order valence-corrected chi connectivity index (χ1v) is 8.15. The van der Waals surface area contributed by atoms with E-state index < -0.39 is 0 Å². The van der Waals surface area contributed by atoms with E-state index in [0.29, 0.717) is 17.6 Å². The number of hydrogen-bond acceptors (Lipinski definition) is 5. The van der Waals surface area contributed by atoms with Crippen molar-refractivity contribution in [2.75, 3.05) is 6.26 Å². The topological polar surface area (TPSA) is 59.2 Å². The van der Waals surface area contributed by atoms with Gasteiger partial charge in [-0.3, -0.25) is 0 Å². The smallest absolute Gasteiger partial charge is 0.230 e. The first-order chi connectivity index (χ1) is 9.76. The maximum absolute atomic E-state index is 9.54. The predicted molar refractivity (Wildman–Crippen MR) is 78.7 cm³/mol. The van der Waals surface area contributed by atoms with E-state index in [1.807, 2.05) is 12.1 Å². The second-order valence-corrected chi connectivity index (χ2v) is 6.07. The van der Waals surface area contributed by atoms with Gasteiger partial charge in [0.25, 0.3) is 0 Å². The van der Waals surface area contributed by atoms with Crippen LogP contribution in [0.1, 0.15) is 37.5 Å². The lowest BCUT2D eigenvalue weighted by Crippen LogP contribution is -2.17. The Morgan fingerprint density at radius 2 is 1.85 bits per heavy atom. The van der Waals surface area contributed by atoms with Gasteiger partial charge in [-0.15, -0.1) is 11.8 Å². The molecule has 1 N–H and O–H groups in total. The summed E-state index contributed by atoms with van der Waals surface area (Å²) in [5, 5.41) is 13.6. The van der Waals surface area contributed by atoms with Gasteiger partial charge in [-0.25, -0.2) is 0 Å². The van der Waals surface area contributed by atoms with E-state index in [4.69, 9.17) is 4.52 Å². The van der Waals surface area contributed by atoms with Crippen molar-refractivity contribution in [2.45, 2.75) is 42.6 Å². The Morgan fingerprint density at radius 1 is 1.15 bits per heavy atom. The summed E-state index contributed by atoms with van der Waals surface area (Å²) in [6.07, 6.45) is 5.39. The summed E-state index contributed by atoms with van der Waals surface area (Å²) in [5.74, 6) is 1.66. The van der Waals surface area contributed by atoms with Gasteiger partial charge < -0.3 is 9.63 Å². The lowest BCUT2D eigenvalue weighted by Gasteiger charge is -2.22. The average Bonchev–Trinajstić information content (AvgIpc) is 2.98. The molecular formula is C15H18N2O2S. The fraction of sp³-hybridized carbons (Fsp3) is 0.467. The fourth-order valence-electron chi connectivity index (χ4n) is 2.58. The number of aliphatic hydroxyl groups excluding tert-OH is 1. The summed E-state index contributed by atoms with van der Waals surface area (Å²) in [6.45, 7) is 0. The van der Waals surface area contributed by atoms with E-state index in [0.717, 1.165) is 31.2 Å². The third kappa shape index (κ3) is 2.88. The molecule has 1 aromatic heterocycles. The zero-order chi connectivity index (χ0) is 13.9. The summed E-state index contributed by atoms with van der Waals surface area (Å²) in [6, 6.07) is 8.16. The normalized spacial score (nSPS) is 22.9. The minimum absolute atomic E-state index is 0.160. The van der Waals surface area contributed by atoms with Gasteiger partial charge in [0.15, 0.2) is 0 Å². The molecule has 0 aliphatic heterocycles. The van der Waals surface area contributed by atoms with Crippen LogP contribution in [0.2, 0.25) is 0 Å². The molecule has 0 radical (unpaired) electrons. The number of aliphatic hydroxyl groups is 1. The van der Waals surface area contributed by atoms with E-state index in [9.17, 15) is 5.11 Å². The minimum Gasteiger partial charge on any atom is -0.393 e. The van der Waals surface area contributed by atoms with Crippen LogP contribution in [0.3, 0.4) is 0 Å². The van der Waals surface area contributed by atoms with Crippen LogP contribution in [-0.4, -0.2) is 27.6 Å². The fourth-order valence-corrected chi connectivity index (χ4v) is 2.99. The van der Waals surface area contributed by atoms with Gasteiger partial charge in [0.1, 0.15) is 0 Å². The molecule has 0 unspecified atom stereocenters. The van der Waals surface area contributed by atoms with E-state index in [2.05, 4.69) is 28.5 Å². The lowest BCUT2D eigenvalue weighted by atomic mass is 9.87. The lowest BCUT2D eigenvalue weighted by molar-refractivity contribution is 0.116. The number of nitrogens with zero attached hydrogens (tertiary/aromatic N) is 2. The van der Waals surface area contributed by atoms with Crippen LogP contribution in [-0.2, 0) is 0 Å². The van der Waals surface area contributed by atoms with Crippen LogP contribution < -0.4 is 0 Å². The molecule has 2 aromatic rings. The third-order valence-corrected chi connectivity index (χ3v) is 4.58. The van der Waals surface area contributed by atoms with Gasteiger partial charge in [0.2, 0.25) is 11.7 Å². The summed E-state index contributed by atoms with van der Waals surface area (Å²) in [5.41, 5.74) is 0.980. The zero-order valence-electron chi connectivity index (χ0n) is 11.5. The van der Waals surface area contributed by atoms with Crippen molar-refractivity contribution in [3.63, 3.8) is 0 Å². The summed E-state index contributed by atoms with van der Waals surface area (Å²) in [7, 11) is 0. The molecule has 3 rings (SSSR count). The molecule has 0 saturated heterocycles. The van der Waals surface area contributed by atoms with Gasteiger partial charge in [0, 0.05) is 16.4 Å². The largest absolute Gasteiger partial charge is 0.393 e. The SMILES string of the molecule is CSc1ccc(-c2noc(C3CCC(O)CC3)n2)cc1. The maximum atomic E-state index is 9.54. The average molecular weight is 290 g/mol. The van der Waals surface area contributed by atoms with Gasteiger partial charge in [-0.2, -0.15) is 4.98 Å². The molecule has 1 saturated carbocycles. The summed E-state index contributed by atoms with van der Waals surface area (Å²) in [4.78, 5) is 5.74. The molecule has 0 spiro atoms. The minimum atomic E-state index is -0.160. The second-order valence-electron chi connectivity index (χ2n) is 5.19. The standard InChI is InChI=1S/C15H18N2O2S/c1-20-13-8-4-10(5-9-13)14-16-15(19-17-14)11-2-6-12(18)7-3-11/h4-5,8-9,11-12,18H,2-3,6-7H2,1H3. The van der Waals surface area contributed by atoms with E-state index in [1.54, 1.807) is 11.8 Å². The molecule has 106 valence electrons. The van der Waals surface area contributed by atoms with Crippen molar-refractivity contribution in [1.82, 2.24) is 10.1 Å². The highest BCUT2D eigenvalue weighted by atomic mass is 32.2. The predicted octanol–water partition coefficient (Wildman–Crippen LogP) is 3.48. The number of hydrogen-bond donors (Lipinski definition) is 1. The molecule has 1 aromatic carbocycles. The highest BCUT2D eigenvalue weighted by molar-refractivity contribution is 7.98. The second kappa shape index (κ2) is 5.97. The maximum Gasteiger partial charge on any atom is 0.230 e. The van der Waals surface area contributed by atoms with E-state index in [1.165, 1.54) is 4.90 Å². The number of aromatic nitrogens is 2. The summed E-state index contributed by atoms with van der Waals surface area (Å²) >= 11 is 1.71. The van der Waals surface area contributed by atoms with Crippen molar-refractivity contribution in [3.8, 4) is 11.4 Å². The Hall–Kier alpha value is -1.33. The number of thioether (sulfide) groups is 1. The molecule has 4 nitrogen and oxygen atoms in total. The molecule has 1 heterocycles. The molecule has 20 heavy (non-hydrogen) atoms. The highest BCUT2D eigenvalue weighted by Crippen LogP contribution is 2.32. The Bertz CT molecular complexity index is 560. The monoisotopic (exact) mass is 290 g/mol. The Morgan fingerprint density at radius 3 is 2.50 bits per heavy atom. The van der Waals surface area contributed by atoms with Crippen LogP contribution in [0, 0.1) is 0 Å². The molecule has 1 fully saturated rings. The van der Waals surface area contributed by atoms with Crippen molar-refractivity contribution in [1.29, 1.82) is 0 Å². The number of benzene rings is 1. The van der Waals surface area contributed by atoms with Crippen LogP contribution in [0.25, 0.3) is 11.4 Å². The summed E-state index contributed by atoms with van der Waals surface area (Å²) < 4.78 is 5.40. The van der Waals surface area contributed by atoms with Crippen LogP contribution in [0.5, 0.6) is 0 Å². The van der Waals surface area contributed by atoms with Crippen molar-refractivity contribution in [2.24, 2.45) is 0 Å². The molecule has 5 heteroatoms. The zero-order valence-corrected chi connectivity index (χ0v) is 12.3. The van der Waals surface area contributed by atoms with Crippen molar-refractivity contribution < 1.29 is 9.63 Å². The molecule has 1 aliphatic carbocycles. The Balaban J connectivity index is 1.75. The number of rotatable bonds is 3. The molecule has 0 atom stereocenters. The van der Waals surface area contributed by atoms with Crippen LogP contribution >= 0.6 is 11.8 Å². The Kier molecular flexibility index (Phi) is 4.08. The van der Waals surface area contributed by atoms with E-state index >= 15 is 0 Å². The van der Waals surface area contributed by atoms with Crippen molar-refractivity contribution in [3.05, 3.63) is 30.2 Å². The molecule has 0 bridgehead atoms. The van der Waals surface area contributed by atoms with Gasteiger partial charge >= 0.3 is 0 Å². The quantitative estimate of drug-likeness (QED) is 0.877. The van der Waals surface area contributed by atoms with E-state index in [-0.39, 0.29) is 6.10 Å². The van der Waals surface area contributed by atoms with Gasteiger partial charge in [-0.05, 0) is 56.2 Å². The van der Waals surface area contributed by atoms with Gasteiger partial charge in [-0.1, -0.05) is 5.16 Å². The first-order valence-electron chi connectivity index (χ1n) is 6.92. The van der Waals surface area contributed by atoms with Crippen LogP contribution in [0.15, 0.2) is 33.7 Å². The third-order valence-electron chi connectivity index (χ3n) is 3.84. The van der Waals surface area contributed by atoms with Crippen LogP contribution in [0.4, 0.5) is 0 Å². The Labute approximate surface area is 122 Å². The first kappa shape index (κ1) is 13.6. The highest BCUT2D eigenvalue weighted by Gasteiger charge is 2.25. The van der Waals surface area contributed by atoms with Gasteiger partial charge in [0.05, 0.1) is 6.10 Å². The van der Waals surface area contributed by atoms with Crippen molar-refractivity contribution >= 4 is 11.8 Å². The molecule has 1 aliphatic rings. The molecule has 0 amide bonds. The molecular weight excluding hydrogens is 272 g/mol.